The van der Waals surface area contributed by atoms with Crippen molar-refractivity contribution in [1.29, 1.82) is 0 Å². The zero-order valence-corrected chi connectivity index (χ0v) is 14.1. The van der Waals surface area contributed by atoms with E-state index < -0.39 is 0 Å². The number of benzene rings is 2. The van der Waals surface area contributed by atoms with Crippen molar-refractivity contribution >= 4 is 40.5 Å². The molecule has 0 aliphatic carbocycles. The van der Waals surface area contributed by atoms with Gasteiger partial charge in [-0.25, -0.2) is 0 Å². The highest BCUT2D eigenvalue weighted by atomic mass is 35.5. The predicted molar refractivity (Wildman–Crippen MR) is 94.1 cm³/mol. The summed E-state index contributed by atoms with van der Waals surface area (Å²) in [6.45, 7) is 4.49. The molecule has 0 bridgehead atoms. The van der Waals surface area contributed by atoms with E-state index in [-0.39, 0.29) is 5.91 Å². The van der Waals surface area contributed by atoms with Crippen LogP contribution in [-0.2, 0) is 4.79 Å². The molecular weight excluding hydrogens is 319 g/mol. The summed E-state index contributed by atoms with van der Waals surface area (Å²) in [6.07, 6.45) is 0.343. The lowest BCUT2D eigenvalue weighted by atomic mass is 10.1. The van der Waals surface area contributed by atoms with Gasteiger partial charge in [0.25, 0.3) is 0 Å². The Bertz CT molecular complexity index is 686. The van der Waals surface area contributed by atoms with Crippen LogP contribution in [0, 0.1) is 13.8 Å². The number of hydrogen-bond acceptors (Lipinski definition) is 2. The maximum absolute atomic E-state index is 12.0. The van der Waals surface area contributed by atoms with Gasteiger partial charge in [-0.15, -0.1) is 0 Å². The van der Waals surface area contributed by atoms with Gasteiger partial charge in [-0.1, -0.05) is 40.9 Å². The molecule has 0 atom stereocenters. The molecule has 116 valence electrons. The Hall–Kier alpha value is -1.71. The van der Waals surface area contributed by atoms with Crippen LogP contribution in [0.4, 0.5) is 11.4 Å². The first-order chi connectivity index (χ1) is 10.5. The van der Waals surface area contributed by atoms with E-state index in [4.69, 9.17) is 23.2 Å². The number of rotatable bonds is 5. The largest absolute Gasteiger partial charge is 0.383 e. The van der Waals surface area contributed by atoms with E-state index in [0.29, 0.717) is 23.0 Å². The fourth-order valence-corrected chi connectivity index (χ4v) is 2.47. The lowest BCUT2D eigenvalue weighted by molar-refractivity contribution is -0.115. The lowest BCUT2D eigenvalue weighted by Gasteiger charge is -2.11. The van der Waals surface area contributed by atoms with Gasteiger partial charge in [0.15, 0.2) is 0 Å². The molecule has 0 aliphatic rings. The molecule has 22 heavy (non-hydrogen) atoms. The van der Waals surface area contributed by atoms with E-state index >= 15 is 0 Å². The molecule has 0 saturated heterocycles. The summed E-state index contributed by atoms with van der Waals surface area (Å²) < 4.78 is 0. The normalized spacial score (nSPS) is 10.4. The Morgan fingerprint density at radius 1 is 1.05 bits per heavy atom. The number of nitrogens with one attached hydrogen (secondary N) is 2. The van der Waals surface area contributed by atoms with E-state index in [1.807, 2.05) is 32.0 Å². The first-order valence-electron chi connectivity index (χ1n) is 7.02. The van der Waals surface area contributed by atoms with Crippen molar-refractivity contribution in [3.63, 3.8) is 0 Å². The van der Waals surface area contributed by atoms with Crippen molar-refractivity contribution in [2.75, 3.05) is 17.2 Å². The summed E-state index contributed by atoms with van der Waals surface area (Å²) >= 11 is 12.0. The van der Waals surface area contributed by atoms with Crippen molar-refractivity contribution in [1.82, 2.24) is 0 Å². The highest BCUT2D eigenvalue weighted by Gasteiger charge is 2.06. The third kappa shape index (κ3) is 4.65. The monoisotopic (exact) mass is 336 g/mol. The minimum absolute atomic E-state index is 0.0439. The molecule has 2 N–H and O–H groups in total. The first-order valence-corrected chi connectivity index (χ1v) is 7.77. The zero-order valence-electron chi connectivity index (χ0n) is 12.5. The smallest absolute Gasteiger partial charge is 0.226 e. The second-order valence-electron chi connectivity index (χ2n) is 5.17. The average Bonchev–Trinajstić information content (AvgIpc) is 2.46. The molecule has 0 aliphatic heterocycles. The molecule has 2 aromatic carbocycles. The van der Waals surface area contributed by atoms with Gasteiger partial charge in [0.05, 0.1) is 10.7 Å². The van der Waals surface area contributed by atoms with Gasteiger partial charge in [0.2, 0.25) is 5.91 Å². The third-order valence-electron chi connectivity index (χ3n) is 3.25. The van der Waals surface area contributed by atoms with Crippen LogP contribution < -0.4 is 10.6 Å². The molecule has 0 aromatic heterocycles. The van der Waals surface area contributed by atoms with E-state index in [1.165, 1.54) is 5.56 Å². The van der Waals surface area contributed by atoms with Gasteiger partial charge in [0.1, 0.15) is 0 Å². The summed E-state index contributed by atoms with van der Waals surface area (Å²) in [5, 5.41) is 7.21. The second kappa shape index (κ2) is 7.52. The standard InChI is InChI=1S/C17H18Cl2N2O/c1-11-3-6-15(12(2)9-11)21-17(22)7-8-20-16-10-13(18)4-5-14(16)19/h3-6,9-10,20H,7-8H2,1-2H3,(H,21,22). The fraction of sp³-hybridized carbons (Fsp3) is 0.235. The summed E-state index contributed by atoms with van der Waals surface area (Å²) in [5.74, 6) is -0.0439. The van der Waals surface area contributed by atoms with Gasteiger partial charge in [-0.3, -0.25) is 4.79 Å². The van der Waals surface area contributed by atoms with Crippen LogP contribution in [0.25, 0.3) is 0 Å². The van der Waals surface area contributed by atoms with E-state index in [9.17, 15) is 4.79 Å². The highest BCUT2D eigenvalue weighted by molar-refractivity contribution is 6.35. The second-order valence-corrected chi connectivity index (χ2v) is 6.01. The first kappa shape index (κ1) is 16.7. The van der Waals surface area contributed by atoms with E-state index in [1.54, 1.807) is 18.2 Å². The average molecular weight is 337 g/mol. The molecule has 2 aromatic rings. The van der Waals surface area contributed by atoms with Crippen LogP contribution in [-0.4, -0.2) is 12.5 Å². The molecule has 0 fully saturated rings. The van der Waals surface area contributed by atoms with Crippen LogP contribution in [0.1, 0.15) is 17.5 Å². The van der Waals surface area contributed by atoms with Crippen LogP contribution in [0.15, 0.2) is 36.4 Å². The Kier molecular flexibility index (Phi) is 5.69. The van der Waals surface area contributed by atoms with E-state index in [0.717, 1.165) is 16.9 Å². The number of aryl methyl sites for hydroxylation is 2. The topological polar surface area (TPSA) is 41.1 Å². The van der Waals surface area contributed by atoms with Crippen molar-refractivity contribution < 1.29 is 4.79 Å². The Morgan fingerprint density at radius 2 is 1.82 bits per heavy atom. The molecule has 5 heteroatoms. The Morgan fingerprint density at radius 3 is 2.55 bits per heavy atom. The number of amides is 1. The molecule has 0 saturated carbocycles. The maximum Gasteiger partial charge on any atom is 0.226 e. The number of hydrogen-bond donors (Lipinski definition) is 2. The highest BCUT2D eigenvalue weighted by Crippen LogP contribution is 2.25. The molecule has 2 rings (SSSR count). The molecule has 0 unspecified atom stereocenters. The van der Waals surface area contributed by atoms with Gasteiger partial charge in [0, 0.05) is 23.7 Å². The molecule has 0 radical (unpaired) electrons. The summed E-state index contributed by atoms with van der Waals surface area (Å²) in [7, 11) is 0. The molecule has 1 amide bonds. The van der Waals surface area contributed by atoms with Crippen molar-refractivity contribution in [2.45, 2.75) is 20.3 Å². The van der Waals surface area contributed by atoms with Gasteiger partial charge in [-0.2, -0.15) is 0 Å². The molecule has 0 heterocycles. The van der Waals surface area contributed by atoms with Gasteiger partial charge >= 0.3 is 0 Å². The quantitative estimate of drug-likeness (QED) is 0.801. The van der Waals surface area contributed by atoms with E-state index in [2.05, 4.69) is 10.6 Å². The summed E-state index contributed by atoms with van der Waals surface area (Å²) in [5.41, 5.74) is 3.80. The predicted octanol–water partition coefficient (Wildman–Crippen LogP) is 5.05. The number of carbonyl (C=O) groups excluding carboxylic acids is 1. The molecule has 3 nitrogen and oxygen atoms in total. The number of carbonyl (C=O) groups is 1. The van der Waals surface area contributed by atoms with Crippen molar-refractivity contribution in [3.05, 3.63) is 57.6 Å². The maximum atomic E-state index is 12.0. The summed E-state index contributed by atoms with van der Waals surface area (Å²) in [6, 6.07) is 11.1. The lowest BCUT2D eigenvalue weighted by Crippen LogP contribution is -2.17. The van der Waals surface area contributed by atoms with Crippen molar-refractivity contribution in [2.24, 2.45) is 0 Å². The van der Waals surface area contributed by atoms with Crippen molar-refractivity contribution in [3.8, 4) is 0 Å². The Labute approximate surface area is 140 Å². The van der Waals surface area contributed by atoms with Gasteiger partial charge in [-0.05, 0) is 43.7 Å². The Balaban J connectivity index is 1.86. The zero-order chi connectivity index (χ0) is 16.1. The molecular formula is C17H18Cl2N2O. The summed E-state index contributed by atoms with van der Waals surface area (Å²) in [4.78, 5) is 12.0. The third-order valence-corrected chi connectivity index (χ3v) is 3.82. The number of anilines is 2. The van der Waals surface area contributed by atoms with Crippen LogP contribution in [0.3, 0.4) is 0 Å². The fourth-order valence-electron chi connectivity index (χ4n) is 2.11. The SMILES string of the molecule is Cc1ccc(NC(=O)CCNc2cc(Cl)ccc2Cl)c(C)c1. The minimum atomic E-state index is -0.0439. The van der Waals surface area contributed by atoms with Crippen LogP contribution in [0.5, 0.6) is 0 Å². The van der Waals surface area contributed by atoms with Crippen LogP contribution in [0.2, 0.25) is 10.0 Å². The number of halogens is 2. The minimum Gasteiger partial charge on any atom is -0.383 e. The van der Waals surface area contributed by atoms with Gasteiger partial charge < -0.3 is 10.6 Å². The molecule has 0 spiro atoms. The van der Waals surface area contributed by atoms with Crippen LogP contribution >= 0.6 is 23.2 Å².